The Morgan fingerprint density at radius 3 is 2.80 bits per heavy atom. The zero-order valence-corrected chi connectivity index (χ0v) is 13.2. The third-order valence-corrected chi connectivity index (χ3v) is 3.61. The Balaban J connectivity index is 1.94. The maximum Gasteiger partial charge on any atom is 0.262 e. The Morgan fingerprint density at radius 2 is 2.05 bits per heavy atom. The summed E-state index contributed by atoms with van der Waals surface area (Å²) in [6.07, 6.45) is 0. The van der Waals surface area contributed by atoms with Crippen LogP contribution in [0.3, 0.4) is 0 Å². The molecule has 104 valence electrons. The molecule has 3 nitrogen and oxygen atoms in total. The molecule has 2 rings (SSSR count). The van der Waals surface area contributed by atoms with Crippen molar-refractivity contribution in [1.29, 1.82) is 0 Å². The minimum atomic E-state index is -0.227. The van der Waals surface area contributed by atoms with Crippen molar-refractivity contribution >= 4 is 39.1 Å². The molecule has 0 aromatic heterocycles. The third-order valence-electron chi connectivity index (χ3n) is 2.71. The van der Waals surface area contributed by atoms with Crippen LogP contribution in [0, 0.1) is 6.92 Å². The Hall–Kier alpha value is -1.52. The highest BCUT2D eigenvalue weighted by molar-refractivity contribution is 9.10. The van der Waals surface area contributed by atoms with Gasteiger partial charge in [-0.05, 0) is 42.8 Å². The van der Waals surface area contributed by atoms with Crippen molar-refractivity contribution in [3.8, 4) is 5.75 Å². The monoisotopic (exact) mass is 353 g/mol. The van der Waals surface area contributed by atoms with Gasteiger partial charge in [0.05, 0.1) is 0 Å². The Bertz CT molecular complexity index is 631. The zero-order valence-electron chi connectivity index (χ0n) is 10.8. The smallest absolute Gasteiger partial charge is 0.262 e. The van der Waals surface area contributed by atoms with Crippen molar-refractivity contribution in [3.63, 3.8) is 0 Å². The van der Waals surface area contributed by atoms with Gasteiger partial charge >= 0.3 is 0 Å². The minimum absolute atomic E-state index is 0.0532. The maximum absolute atomic E-state index is 11.8. The zero-order chi connectivity index (χ0) is 14.5. The first-order valence-corrected chi connectivity index (χ1v) is 7.16. The molecule has 2 aromatic carbocycles. The summed E-state index contributed by atoms with van der Waals surface area (Å²) in [5, 5.41) is 3.40. The van der Waals surface area contributed by atoms with Gasteiger partial charge in [-0.15, -0.1) is 0 Å². The molecule has 5 heteroatoms. The van der Waals surface area contributed by atoms with Crippen LogP contribution < -0.4 is 10.1 Å². The van der Waals surface area contributed by atoms with Gasteiger partial charge in [-0.3, -0.25) is 4.79 Å². The molecule has 20 heavy (non-hydrogen) atoms. The number of hydrogen-bond donors (Lipinski definition) is 1. The quantitative estimate of drug-likeness (QED) is 0.882. The first kappa shape index (κ1) is 14.9. The van der Waals surface area contributed by atoms with Gasteiger partial charge in [0.15, 0.2) is 6.61 Å². The highest BCUT2D eigenvalue weighted by Crippen LogP contribution is 2.23. The number of rotatable bonds is 4. The van der Waals surface area contributed by atoms with Crippen LogP contribution in [0.15, 0.2) is 46.9 Å². The van der Waals surface area contributed by atoms with Crippen LogP contribution in [0.4, 0.5) is 5.69 Å². The van der Waals surface area contributed by atoms with E-state index in [4.69, 9.17) is 16.3 Å². The molecule has 0 saturated heterocycles. The average molecular weight is 355 g/mol. The van der Waals surface area contributed by atoms with E-state index in [1.165, 1.54) is 0 Å². The highest BCUT2D eigenvalue weighted by atomic mass is 79.9. The molecule has 0 fully saturated rings. The predicted octanol–water partition coefficient (Wildman–Crippen LogP) is 4.43. The van der Waals surface area contributed by atoms with E-state index in [2.05, 4.69) is 21.2 Å². The number of carbonyl (C=O) groups is 1. The van der Waals surface area contributed by atoms with Gasteiger partial charge in [-0.1, -0.05) is 39.7 Å². The van der Waals surface area contributed by atoms with Crippen molar-refractivity contribution in [2.75, 3.05) is 11.9 Å². The number of halogens is 2. The summed E-state index contributed by atoms with van der Waals surface area (Å²) in [6.45, 7) is 1.80. The standard InChI is InChI=1S/C15H13BrClNO2/c1-10-13(17)6-3-7-14(10)18-15(19)9-20-12-5-2-4-11(16)8-12/h2-8H,9H2,1H3,(H,18,19). The fourth-order valence-corrected chi connectivity index (χ4v) is 2.19. The van der Waals surface area contributed by atoms with Gasteiger partial charge in [-0.25, -0.2) is 0 Å². The number of anilines is 1. The van der Waals surface area contributed by atoms with Crippen molar-refractivity contribution in [2.45, 2.75) is 6.92 Å². The fourth-order valence-electron chi connectivity index (χ4n) is 1.63. The average Bonchev–Trinajstić information content (AvgIpc) is 2.42. The van der Waals surface area contributed by atoms with E-state index < -0.39 is 0 Å². The molecular formula is C15H13BrClNO2. The molecule has 0 saturated carbocycles. The van der Waals surface area contributed by atoms with Gasteiger partial charge in [0.1, 0.15) is 5.75 Å². The topological polar surface area (TPSA) is 38.3 Å². The SMILES string of the molecule is Cc1c(Cl)cccc1NC(=O)COc1cccc(Br)c1. The molecule has 0 aliphatic carbocycles. The van der Waals surface area contributed by atoms with E-state index in [-0.39, 0.29) is 12.5 Å². The summed E-state index contributed by atoms with van der Waals surface area (Å²) in [5.41, 5.74) is 1.53. The highest BCUT2D eigenvalue weighted by Gasteiger charge is 2.07. The molecule has 1 N–H and O–H groups in total. The first-order chi connectivity index (χ1) is 9.56. The van der Waals surface area contributed by atoms with Crippen LogP contribution >= 0.6 is 27.5 Å². The van der Waals surface area contributed by atoms with E-state index in [9.17, 15) is 4.79 Å². The summed E-state index contributed by atoms with van der Waals surface area (Å²) in [7, 11) is 0. The predicted molar refractivity (Wildman–Crippen MR) is 84.5 cm³/mol. The van der Waals surface area contributed by atoms with Crippen molar-refractivity contribution in [1.82, 2.24) is 0 Å². The van der Waals surface area contributed by atoms with Crippen LogP contribution in [-0.2, 0) is 4.79 Å². The van der Waals surface area contributed by atoms with Crippen LogP contribution in [0.2, 0.25) is 5.02 Å². The van der Waals surface area contributed by atoms with Crippen LogP contribution in [-0.4, -0.2) is 12.5 Å². The number of hydrogen-bond acceptors (Lipinski definition) is 2. The third kappa shape index (κ3) is 3.99. The lowest BCUT2D eigenvalue weighted by molar-refractivity contribution is -0.118. The van der Waals surface area contributed by atoms with Crippen LogP contribution in [0.5, 0.6) is 5.75 Å². The van der Waals surface area contributed by atoms with Gasteiger partial charge in [0.2, 0.25) is 0 Å². The molecule has 0 unspecified atom stereocenters. The molecular weight excluding hydrogens is 342 g/mol. The normalized spacial score (nSPS) is 10.2. The molecule has 0 atom stereocenters. The lowest BCUT2D eigenvalue weighted by Gasteiger charge is -2.10. The molecule has 0 radical (unpaired) electrons. The van der Waals surface area contributed by atoms with E-state index in [0.717, 1.165) is 10.0 Å². The number of carbonyl (C=O) groups excluding carboxylic acids is 1. The number of benzene rings is 2. The van der Waals surface area contributed by atoms with E-state index in [1.54, 1.807) is 30.3 Å². The van der Waals surface area contributed by atoms with Crippen molar-refractivity contribution < 1.29 is 9.53 Å². The van der Waals surface area contributed by atoms with Gasteiger partial charge in [0.25, 0.3) is 5.91 Å². The molecule has 0 heterocycles. The second-order valence-corrected chi connectivity index (χ2v) is 5.53. The van der Waals surface area contributed by atoms with E-state index >= 15 is 0 Å². The summed E-state index contributed by atoms with van der Waals surface area (Å²) >= 11 is 9.35. The Labute approximate surface area is 131 Å². The minimum Gasteiger partial charge on any atom is -0.484 e. The molecule has 0 aliphatic rings. The number of nitrogens with one attached hydrogen (secondary N) is 1. The lowest BCUT2D eigenvalue weighted by atomic mass is 10.2. The van der Waals surface area contributed by atoms with Gasteiger partial charge < -0.3 is 10.1 Å². The van der Waals surface area contributed by atoms with E-state index in [1.807, 2.05) is 19.1 Å². The summed E-state index contributed by atoms with van der Waals surface area (Å²) in [4.78, 5) is 11.8. The summed E-state index contributed by atoms with van der Waals surface area (Å²) < 4.78 is 6.32. The molecule has 2 aromatic rings. The lowest BCUT2D eigenvalue weighted by Crippen LogP contribution is -2.20. The largest absolute Gasteiger partial charge is 0.484 e. The molecule has 0 spiro atoms. The Kier molecular flexibility index (Phi) is 5.04. The second kappa shape index (κ2) is 6.77. The van der Waals surface area contributed by atoms with E-state index in [0.29, 0.717) is 16.5 Å². The Morgan fingerprint density at radius 1 is 1.30 bits per heavy atom. The molecule has 0 aliphatic heterocycles. The number of ether oxygens (including phenoxy) is 1. The van der Waals surface area contributed by atoms with Gasteiger partial charge in [0, 0.05) is 15.2 Å². The van der Waals surface area contributed by atoms with Gasteiger partial charge in [-0.2, -0.15) is 0 Å². The van der Waals surface area contributed by atoms with Crippen molar-refractivity contribution in [3.05, 3.63) is 57.5 Å². The second-order valence-electron chi connectivity index (χ2n) is 4.21. The maximum atomic E-state index is 11.8. The van der Waals surface area contributed by atoms with Crippen molar-refractivity contribution in [2.24, 2.45) is 0 Å². The summed E-state index contributed by atoms with van der Waals surface area (Å²) in [6, 6.07) is 12.7. The molecule has 0 bridgehead atoms. The first-order valence-electron chi connectivity index (χ1n) is 5.99. The number of amides is 1. The molecule has 1 amide bonds. The summed E-state index contributed by atoms with van der Waals surface area (Å²) in [5.74, 6) is 0.410. The van der Waals surface area contributed by atoms with Crippen LogP contribution in [0.25, 0.3) is 0 Å². The van der Waals surface area contributed by atoms with Crippen LogP contribution in [0.1, 0.15) is 5.56 Å². The fraction of sp³-hybridized carbons (Fsp3) is 0.133.